The van der Waals surface area contributed by atoms with E-state index in [4.69, 9.17) is 9.15 Å². The predicted octanol–water partition coefficient (Wildman–Crippen LogP) is 3.79. The third-order valence-corrected chi connectivity index (χ3v) is 9.78. The van der Waals surface area contributed by atoms with Crippen molar-refractivity contribution in [1.29, 1.82) is 0 Å². The summed E-state index contributed by atoms with van der Waals surface area (Å²) >= 11 is 0. The average molecular weight is 415 g/mol. The Balaban J connectivity index is 1.53. The van der Waals surface area contributed by atoms with Crippen LogP contribution < -0.4 is 5.63 Å². The van der Waals surface area contributed by atoms with Crippen molar-refractivity contribution in [3.05, 3.63) is 46.0 Å². The van der Waals surface area contributed by atoms with Gasteiger partial charge in [-0.1, -0.05) is 25.5 Å². The van der Waals surface area contributed by atoms with Gasteiger partial charge in [-0.25, -0.2) is 4.79 Å². The van der Waals surface area contributed by atoms with Crippen molar-refractivity contribution in [3.8, 4) is 0 Å². The fourth-order valence-electron chi connectivity index (χ4n) is 7.94. The number of hydrogen-bond donors (Lipinski definition) is 2. The van der Waals surface area contributed by atoms with E-state index in [1.54, 1.807) is 13.2 Å². The van der Waals surface area contributed by atoms with Crippen LogP contribution in [0, 0.1) is 22.7 Å². The lowest BCUT2D eigenvalue weighted by molar-refractivity contribution is -0.222. The normalized spacial score (nSPS) is 47.8. The maximum absolute atomic E-state index is 12.2. The number of fused-ring (bicyclic) bond motifs is 5. The summed E-state index contributed by atoms with van der Waals surface area (Å²) in [6.45, 7) is 4.41. The number of methoxy groups -OCH3 is 1. The van der Waals surface area contributed by atoms with E-state index in [1.807, 2.05) is 0 Å². The van der Waals surface area contributed by atoms with Gasteiger partial charge in [0, 0.05) is 18.6 Å². The van der Waals surface area contributed by atoms with Crippen LogP contribution in [0.25, 0.3) is 0 Å². The molecule has 0 saturated heterocycles. The highest BCUT2D eigenvalue weighted by molar-refractivity contribution is 5.32. The first-order chi connectivity index (χ1) is 14.2. The van der Waals surface area contributed by atoms with Crippen molar-refractivity contribution in [2.24, 2.45) is 22.7 Å². The molecular weight excluding hydrogens is 380 g/mol. The zero-order chi connectivity index (χ0) is 21.3. The Morgan fingerprint density at radius 3 is 2.63 bits per heavy atom. The Morgan fingerprint density at radius 1 is 1.13 bits per heavy atom. The summed E-state index contributed by atoms with van der Waals surface area (Å²) in [7, 11) is 1.78. The molecule has 0 aliphatic heterocycles. The second-order valence-electron chi connectivity index (χ2n) is 10.6. The molecular formula is C25H34O5. The first-order valence-electron chi connectivity index (χ1n) is 11.5. The number of hydrogen-bond acceptors (Lipinski definition) is 5. The van der Waals surface area contributed by atoms with Gasteiger partial charge >= 0.3 is 5.63 Å². The molecule has 0 radical (unpaired) electrons. The van der Waals surface area contributed by atoms with Crippen LogP contribution in [0.5, 0.6) is 0 Å². The fourth-order valence-corrected chi connectivity index (χ4v) is 7.94. The smallest absolute Gasteiger partial charge is 0.335 e. The summed E-state index contributed by atoms with van der Waals surface area (Å²) in [6.07, 6.45) is 9.62. The molecule has 0 spiro atoms. The summed E-state index contributed by atoms with van der Waals surface area (Å²) < 4.78 is 10.8. The van der Waals surface area contributed by atoms with Crippen LogP contribution in [0.3, 0.4) is 0 Å². The van der Waals surface area contributed by atoms with Crippen LogP contribution in [0.1, 0.15) is 70.3 Å². The molecule has 4 aliphatic rings. The molecule has 30 heavy (non-hydrogen) atoms. The average Bonchev–Trinajstić information content (AvgIpc) is 3.02. The monoisotopic (exact) mass is 414 g/mol. The van der Waals surface area contributed by atoms with Crippen molar-refractivity contribution < 1.29 is 19.4 Å². The minimum absolute atomic E-state index is 0.0169. The molecule has 5 nitrogen and oxygen atoms in total. The largest absolute Gasteiger partial charge is 0.431 e. The van der Waals surface area contributed by atoms with E-state index in [0.717, 1.165) is 37.7 Å². The van der Waals surface area contributed by atoms with E-state index >= 15 is 0 Å². The van der Waals surface area contributed by atoms with Gasteiger partial charge in [-0.05, 0) is 79.7 Å². The van der Waals surface area contributed by atoms with Crippen molar-refractivity contribution in [3.63, 3.8) is 0 Å². The lowest BCUT2D eigenvalue weighted by Crippen LogP contribution is -2.65. The first kappa shape index (κ1) is 20.5. The van der Waals surface area contributed by atoms with Gasteiger partial charge in [-0.15, -0.1) is 0 Å². The molecule has 2 N–H and O–H groups in total. The summed E-state index contributed by atoms with van der Waals surface area (Å²) in [5, 5.41) is 23.8. The van der Waals surface area contributed by atoms with E-state index in [-0.39, 0.29) is 34.9 Å². The maximum atomic E-state index is 12.2. The second kappa shape index (κ2) is 6.78. The SMILES string of the molecule is CO[C@@H]1C=C2CC[C@@H]3[C@H](C[C@@H](O)[C@]4(C)[C@@H](c5ccc(=O)oc5)CC[C@]34O)[C@@]2(C)CC1. The molecule has 0 bridgehead atoms. The van der Waals surface area contributed by atoms with Gasteiger partial charge in [0.05, 0.1) is 24.1 Å². The molecule has 1 heterocycles. The fraction of sp³-hybridized carbons (Fsp3) is 0.720. The highest BCUT2D eigenvalue weighted by Gasteiger charge is 2.69. The van der Waals surface area contributed by atoms with Gasteiger partial charge in [0.25, 0.3) is 0 Å². The molecule has 0 aromatic carbocycles. The Morgan fingerprint density at radius 2 is 1.93 bits per heavy atom. The molecule has 5 heteroatoms. The van der Waals surface area contributed by atoms with Crippen molar-refractivity contribution in [1.82, 2.24) is 0 Å². The van der Waals surface area contributed by atoms with Crippen LogP contribution in [-0.2, 0) is 4.74 Å². The molecule has 0 unspecified atom stereocenters. The highest BCUT2D eigenvalue weighted by atomic mass is 16.5. The van der Waals surface area contributed by atoms with Crippen molar-refractivity contribution >= 4 is 0 Å². The van der Waals surface area contributed by atoms with Gasteiger partial charge < -0.3 is 19.4 Å². The number of allylic oxidation sites excluding steroid dienone is 1. The molecule has 5 rings (SSSR count). The zero-order valence-electron chi connectivity index (χ0n) is 18.3. The number of ether oxygens (including phenoxy) is 1. The lowest BCUT2D eigenvalue weighted by atomic mass is 9.44. The predicted molar refractivity (Wildman–Crippen MR) is 113 cm³/mol. The van der Waals surface area contributed by atoms with Crippen LogP contribution in [0.4, 0.5) is 0 Å². The topological polar surface area (TPSA) is 79.9 Å². The third kappa shape index (κ3) is 2.55. The molecule has 4 aliphatic carbocycles. The van der Waals surface area contributed by atoms with Gasteiger partial charge in [-0.3, -0.25) is 0 Å². The molecule has 3 fully saturated rings. The van der Waals surface area contributed by atoms with Crippen LogP contribution in [0.2, 0.25) is 0 Å². The summed E-state index contributed by atoms with van der Waals surface area (Å²) in [5.41, 5.74) is 0.466. The third-order valence-electron chi connectivity index (χ3n) is 9.78. The molecule has 1 aromatic heterocycles. The first-order valence-corrected chi connectivity index (χ1v) is 11.5. The van der Waals surface area contributed by atoms with Gasteiger partial charge in [0.15, 0.2) is 0 Å². The molecule has 8 atom stereocenters. The maximum Gasteiger partial charge on any atom is 0.335 e. The highest BCUT2D eigenvalue weighted by Crippen LogP contribution is 2.70. The van der Waals surface area contributed by atoms with Gasteiger partial charge in [0.1, 0.15) is 0 Å². The van der Waals surface area contributed by atoms with E-state index in [2.05, 4.69) is 19.9 Å². The Labute approximate surface area is 178 Å². The molecule has 164 valence electrons. The molecule has 1 aromatic rings. The van der Waals surface area contributed by atoms with Crippen molar-refractivity contribution in [2.45, 2.75) is 82.5 Å². The second-order valence-corrected chi connectivity index (χ2v) is 10.6. The van der Waals surface area contributed by atoms with Crippen LogP contribution >= 0.6 is 0 Å². The minimum Gasteiger partial charge on any atom is -0.431 e. The van der Waals surface area contributed by atoms with Crippen LogP contribution in [0.15, 0.2) is 39.3 Å². The van der Waals surface area contributed by atoms with E-state index < -0.39 is 17.1 Å². The lowest BCUT2D eigenvalue weighted by Gasteiger charge is -2.63. The quantitative estimate of drug-likeness (QED) is 0.720. The van der Waals surface area contributed by atoms with E-state index in [1.165, 1.54) is 17.9 Å². The molecule has 0 amide bonds. The zero-order valence-corrected chi connectivity index (χ0v) is 18.3. The number of rotatable bonds is 2. The van der Waals surface area contributed by atoms with Gasteiger partial charge in [0.2, 0.25) is 0 Å². The minimum atomic E-state index is -0.914. The Bertz CT molecular complexity index is 900. The van der Waals surface area contributed by atoms with Crippen LogP contribution in [-0.4, -0.2) is 35.1 Å². The van der Waals surface area contributed by atoms with Gasteiger partial charge in [-0.2, -0.15) is 0 Å². The Hall–Kier alpha value is -1.43. The molecule has 3 saturated carbocycles. The van der Waals surface area contributed by atoms with E-state index in [0.29, 0.717) is 12.8 Å². The number of aliphatic hydroxyl groups excluding tert-OH is 1. The standard InChI is InChI=1S/C25H34O5/c1-23-10-8-17(29-3)12-16(23)5-6-19-20(23)13-21(26)24(2)18(9-11-25(19,24)28)15-4-7-22(27)30-14-15/h4,7,12,14,17-21,26,28H,5-6,8-11,13H2,1-3H3/t17-,18+,19+,20-,21+,23-,24-,25-/m0/s1. The Kier molecular flexibility index (Phi) is 4.63. The van der Waals surface area contributed by atoms with Crippen molar-refractivity contribution in [2.75, 3.05) is 7.11 Å². The summed E-state index contributed by atoms with van der Waals surface area (Å²) in [6, 6.07) is 3.25. The number of aliphatic hydroxyl groups is 2. The van der Waals surface area contributed by atoms with E-state index in [9.17, 15) is 15.0 Å². The summed E-state index contributed by atoms with van der Waals surface area (Å²) in [4.78, 5) is 11.4. The summed E-state index contributed by atoms with van der Waals surface area (Å²) in [5.74, 6) is 0.431.